The van der Waals surface area contributed by atoms with Gasteiger partial charge in [0.1, 0.15) is 5.78 Å². The number of para-hydroxylation sites is 1. The van der Waals surface area contributed by atoms with Crippen molar-refractivity contribution >= 4 is 17.4 Å². The van der Waals surface area contributed by atoms with Crippen LogP contribution in [0.15, 0.2) is 72.8 Å². The Bertz CT molecular complexity index is 1030. The molecule has 160 valence electrons. The van der Waals surface area contributed by atoms with E-state index in [4.69, 9.17) is 0 Å². The van der Waals surface area contributed by atoms with Crippen molar-refractivity contribution in [3.8, 4) is 11.1 Å². The summed E-state index contributed by atoms with van der Waals surface area (Å²) in [7, 11) is 0. The van der Waals surface area contributed by atoms with E-state index in [0.717, 1.165) is 33.5 Å². The van der Waals surface area contributed by atoms with Crippen LogP contribution in [0.25, 0.3) is 11.1 Å². The number of ketones is 1. The SMILES string of the molecule is CC(C)c1cccc(C(C)C)c1NC(=O)CC(=O)Cc1ccccc1-c1ccccc1. The van der Waals surface area contributed by atoms with E-state index in [0.29, 0.717) is 0 Å². The summed E-state index contributed by atoms with van der Waals surface area (Å²) in [6.45, 7) is 8.45. The summed E-state index contributed by atoms with van der Waals surface area (Å²) in [6, 6.07) is 24.0. The molecule has 0 aliphatic carbocycles. The summed E-state index contributed by atoms with van der Waals surface area (Å²) in [6.07, 6.45) is 0.106. The van der Waals surface area contributed by atoms with Gasteiger partial charge in [-0.3, -0.25) is 9.59 Å². The lowest BCUT2D eigenvalue weighted by Crippen LogP contribution is -2.20. The molecule has 0 unspecified atom stereocenters. The van der Waals surface area contributed by atoms with E-state index in [2.05, 4.69) is 33.0 Å². The van der Waals surface area contributed by atoms with Crippen LogP contribution >= 0.6 is 0 Å². The van der Waals surface area contributed by atoms with Gasteiger partial charge in [-0.25, -0.2) is 0 Å². The van der Waals surface area contributed by atoms with Gasteiger partial charge < -0.3 is 5.32 Å². The van der Waals surface area contributed by atoms with Gasteiger partial charge in [-0.05, 0) is 39.7 Å². The molecule has 0 aliphatic heterocycles. The molecular formula is C28H31NO2. The maximum atomic E-state index is 12.8. The smallest absolute Gasteiger partial charge is 0.231 e. The lowest BCUT2D eigenvalue weighted by atomic mass is 9.92. The molecule has 0 heterocycles. The molecule has 0 aliphatic rings. The molecule has 3 aromatic carbocycles. The van der Waals surface area contributed by atoms with E-state index in [1.54, 1.807) is 0 Å². The van der Waals surface area contributed by atoms with Gasteiger partial charge in [0.2, 0.25) is 5.91 Å². The summed E-state index contributed by atoms with van der Waals surface area (Å²) < 4.78 is 0. The minimum atomic E-state index is -0.253. The predicted octanol–water partition coefficient (Wildman–Crippen LogP) is 6.74. The van der Waals surface area contributed by atoms with Crippen LogP contribution in [0.2, 0.25) is 0 Å². The van der Waals surface area contributed by atoms with Crippen LogP contribution in [0.3, 0.4) is 0 Å². The average molecular weight is 414 g/mol. The molecule has 0 spiro atoms. The van der Waals surface area contributed by atoms with Gasteiger partial charge >= 0.3 is 0 Å². The van der Waals surface area contributed by atoms with Crippen LogP contribution in [-0.2, 0) is 16.0 Å². The van der Waals surface area contributed by atoms with Gasteiger partial charge in [-0.1, -0.05) is 100 Å². The molecule has 0 saturated carbocycles. The second kappa shape index (κ2) is 10.2. The summed E-state index contributed by atoms with van der Waals surface area (Å²) >= 11 is 0. The minimum absolute atomic E-state index is 0.0889. The monoisotopic (exact) mass is 413 g/mol. The number of Topliss-reactive ketones (excluding diaryl/α,β-unsaturated/α-hetero) is 1. The standard InChI is InChI=1S/C28H31NO2/c1-19(2)24-15-10-16-25(20(3)4)28(24)29-27(31)18-23(30)17-22-13-8-9-14-26(22)21-11-6-5-7-12-21/h5-16,19-20H,17-18H2,1-4H3,(H,29,31). The first kappa shape index (κ1) is 22.5. The largest absolute Gasteiger partial charge is 0.325 e. The molecule has 0 radical (unpaired) electrons. The highest BCUT2D eigenvalue weighted by atomic mass is 16.2. The van der Waals surface area contributed by atoms with Crippen LogP contribution in [0, 0.1) is 0 Å². The second-order valence-corrected chi connectivity index (χ2v) is 8.58. The molecule has 1 amide bonds. The van der Waals surface area contributed by atoms with Crippen molar-refractivity contribution in [2.24, 2.45) is 0 Å². The molecule has 1 N–H and O–H groups in total. The van der Waals surface area contributed by atoms with E-state index in [9.17, 15) is 9.59 Å². The molecule has 0 saturated heterocycles. The number of carbonyl (C=O) groups excluding carboxylic acids is 2. The fraction of sp³-hybridized carbons (Fsp3) is 0.286. The van der Waals surface area contributed by atoms with Gasteiger partial charge in [0.05, 0.1) is 6.42 Å². The Morgan fingerprint density at radius 2 is 1.32 bits per heavy atom. The van der Waals surface area contributed by atoms with Crippen molar-refractivity contribution in [2.75, 3.05) is 5.32 Å². The number of nitrogens with one attached hydrogen (secondary N) is 1. The van der Waals surface area contributed by atoms with Crippen molar-refractivity contribution in [1.82, 2.24) is 0 Å². The Morgan fingerprint density at radius 3 is 1.94 bits per heavy atom. The Labute approximate surface area is 185 Å². The lowest BCUT2D eigenvalue weighted by Gasteiger charge is -2.20. The number of amides is 1. The molecule has 0 fully saturated rings. The first-order valence-corrected chi connectivity index (χ1v) is 10.9. The zero-order valence-corrected chi connectivity index (χ0v) is 18.8. The Balaban J connectivity index is 1.75. The van der Waals surface area contributed by atoms with Crippen molar-refractivity contribution in [1.29, 1.82) is 0 Å². The number of benzene rings is 3. The molecule has 3 nitrogen and oxygen atoms in total. The topological polar surface area (TPSA) is 46.2 Å². The van der Waals surface area contributed by atoms with Crippen molar-refractivity contribution in [2.45, 2.75) is 52.4 Å². The molecular weight excluding hydrogens is 382 g/mol. The van der Waals surface area contributed by atoms with Crippen molar-refractivity contribution < 1.29 is 9.59 Å². The van der Waals surface area contributed by atoms with Crippen LogP contribution in [0.1, 0.15) is 62.6 Å². The first-order valence-electron chi connectivity index (χ1n) is 10.9. The number of hydrogen-bond donors (Lipinski definition) is 1. The minimum Gasteiger partial charge on any atom is -0.325 e. The summed E-state index contributed by atoms with van der Waals surface area (Å²) in [5, 5.41) is 3.05. The van der Waals surface area contributed by atoms with E-state index >= 15 is 0 Å². The number of hydrogen-bond acceptors (Lipinski definition) is 2. The third kappa shape index (κ3) is 5.69. The molecule has 3 aromatic rings. The number of rotatable bonds is 8. The van der Waals surface area contributed by atoms with E-state index in [-0.39, 0.29) is 36.4 Å². The highest BCUT2D eigenvalue weighted by Crippen LogP contribution is 2.32. The summed E-state index contributed by atoms with van der Waals surface area (Å²) in [5.41, 5.74) is 6.10. The van der Waals surface area contributed by atoms with Gasteiger partial charge in [0, 0.05) is 12.1 Å². The molecule has 3 heteroatoms. The average Bonchev–Trinajstić information content (AvgIpc) is 2.74. The van der Waals surface area contributed by atoms with Crippen LogP contribution < -0.4 is 5.32 Å². The highest BCUT2D eigenvalue weighted by Gasteiger charge is 2.18. The van der Waals surface area contributed by atoms with Crippen LogP contribution in [0.4, 0.5) is 5.69 Å². The Morgan fingerprint density at radius 1 is 0.742 bits per heavy atom. The maximum Gasteiger partial charge on any atom is 0.231 e. The molecule has 0 bridgehead atoms. The fourth-order valence-corrected chi connectivity index (χ4v) is 3.91. The number of anilines is 1. The van der Waals surface area contributed by atoms with E-state index < -0.39 is 0 Å². The third-order valence-electron chi connectivity index (χ3n) is 5.48. The van der Waals surface area contributed by atoms with Gasteiger partial charge in [0.15, 0.2) is 0 Å². The summed E-state index contributed by atoms with van der Waals surface area (Å²) in [5.74, 6) is 0.219. The number of carbonyl (C=O) groups is 2. The maximum absolute atomic E-state index is 12.8. The van der Waals surface area contributed by atoms with Gasteiger partial charge in [-0.15, -0.1) is 0 Å². The zero-order valence-electron chi connectivity index (χ0n) is 18.8. The lowest BCUT2D eigenvalue weighted by molar-refractivity contribution is -0.125. The molecule has 3 rings (SSSR count). The quantitative estimate of drug-likeness (QED) is 0.416. The van der Waals surface area contributed by atoms with Crippen molar-refractivity contribution in [3.05, 3.63) is 89.5 Å². The normalized spacial score (nSPS) is 11.0. The van der Waals surface area contributed by atoms with E-state index in [1.165, 1.54) is 0 Å². The fourth-order valence-electron chi connectivity index (χ4n) is 3.91. The first-order chi connectivity index (χ1) is 14.9. The predicted molar refractivity (Wildman–Crippen MR) is 128 cm³/mol. The van der Waals surface area contributed by atoms with Gasteiger partial charge in [-0.2, -0.15) is 0 Å². The van der Waals surface area contributed by atoms with E-state index in [1.807, 2.05) is 72.8 Å². The highest BCUT2D eigenvalue weighted by molar-refractivity contribution is 6.05. The third-order valence-corrected chi connectivity index (χ3v) is 5.48. The second-order valence-electron chi connectivity index (χ2n) is 8.58. The van der Waals surface area contributed by atoms with Crippen LogP contribution in [-0.4, -0.2) is 11.7 Å². The molecule has 31 heavy (non-hydrogen) atoms. The van der Waals surface area contributed by atoms with Gasteiger partial charge in [0.25, 0.3) is 0 Å². The van der Waals surface area contributed by atoms with Crippen LogP contribution in [0.5, 0.6) is 0 Å². The Hall–Kier alpha value is -3.20. The molecule has 0 aromatic heterocycles. The Kier molecular flexibility index (Phi) is 7.41. The van der Waals surface area contributed by atoms with Crippen molar-refractivity contribution in [3.63, 3.8) is 0 Å². The molecule has 0 atom stereocenters. The summed E-state index contributed by atoms with van der Waals surface area (Å²) in [4.78, 5) is 25.6. The zero-order chi connectivity index (χ0) is 22.4.